The predicted molar refractivity (Wildman–Crippen MR) is 85.6 cm³/mol. The van der Waals surface area contributed by atoms with Gasteiger partial charge in [0.1, 0.15) is 0 Å². The van der Waals surface area contributed by atoms with Crippen molar-refractivity contribution in [2.75, 3.05) is 13.6 Å². The first kappa shape index (κ1) is 16.5. The smallest absolute Gasteiger partial charge is 0.249 e. The summed E-state index contributed by atoms with van der Waals surface area (Å²) in [6.07, 6.45) is 2.89. The van der Waals surface area contributed by atoms with Crippen molar-refractivity contribution in [3.8, 4) is 11.5 Å². The Hall–Kier alpha value is -1.88. The van der Waals surface area contributed by atoms with Crippen LogP contribution in [0.2, 0.25) is 5.02 Å². The van der Waals surface area contributed by atoms with Crippen molar-refractivity contribution < 1.29 is 9.21 Å². The van der Waals surface area contributed by atoms with Gasteiger partial charge in [-0.2, -0.15) is 0 Å². The lowest BCUT2D eigenvalue weighted by molar-refractivity contribution is -0.130. The number of aryl methyl sites for hydroxylation is 1. The van der Waals surface area contributed by atoms with Crippen molar-refractivity contribution in [2.45, 2.75) is 32.6 Å². The van der Waals surface area contributed by atoms with E-state index < -0.39 is 0 Å². The fourth-order valence-electron chi connectivity index (χ4n) is 2.02. The monoisotopic (exact) mass is 321 g/mol. The van der Waals surface area contributed by atoms with Gasteiger partial charge in [0.25, 0.3) is 0 Å². The molecule has 22 heavy (non-hydrogen) atoms. The van der Waals surface area contributed by atoms with E-state index in [1.807, 2.05) is 25.2 Å². The molecule has 0 bridgehead atoms. The van der Waals surface area contributed by atoms with Crippen molar-refractivity contribution in [2.24, 2.45) is 0 Å². The van der Waals surface area contributed by atoms with Gasteiger partial charge in [-0.05, 0) is 18.6 Å². The molecule has 118 valence electrons. The van der Waals surface area contributed by atoms with Gasteiger partial charge in [0.2, 0.25) is 17.7 Å². The number of carbonyl (C=O) groups is 1. The Bertz CT molecular complexity index is 627. The second kappa shape index (κ2) is 7.94. The van der Waals surface area contributed by atoms with Gasteiger partial charge in [-0.25, -0.2) is 0 Å². The standard InChI is InChI=1S/C16H20ClN3O2/c1-3-4-11-20(2)15(21)10-9-14-18-19-16(22-14)12-7-5-6-8-13(12)17/h5-8H,3-4,9-11H2,1-2H3. The molecule has 1 aromatic heterocycles. The summed E-state index contributed by atoms with van der Waals surface area (Å²) in [5.74, 6) is 0.922. The molecule has 0 atom stereocenters. The van der Waals surface area contributed by atoms with Crippen LogP contribution in [0.25, 0.3) is 11.5 Å². The molecule has 0 N–H and O–H groups in total. The summed E-state index contributed by atoms with van der Waals surface area (Å²) in [6, 6.07) is 7.29. The van der Waals surface area contributed by atoms with Crippen LogP contribution in [-0.4, -0.2) is 34.6 Å². The second-order valence-corrected chi connectivity index (χ2v) is 5.56. The van der Waals surface area contributed by atoms with Crippen molar-refractivity contribution in [3.63, 3.8) is 0 Å². The maximum Gasteiger partial charge on any atom is 0.249 e. The zero-order chi connectivity index (χ0) is 15.9. The van der Waals surface area contributed by atoms with Crippen molar-refractivity contribution in [1.29, 1.82) is 0 Å². The Balaban J connectivity index is 1.93. The first-order valence-corrected chi connectivity index (χ1v) is 7.81. The van der Waals surface area contributed by atoms with Crippen molar-refractivity contribution >= 4 is 17.5 Å². The Kier molecular flexibility index (Phi) is 5.95. The number of rotatable bonds is 7. The zero-order valence-corrected chi connectivity index (χ0v) is 13.6. The van der Waals surface area contributed by atoms with Gasteiger partial charge in [0.05, 0.1) is 10.6 Å². The van der Waals surface area contributed by atoms with Crippen LogP contribution in [0.15, 0.2) is 28.7 Å². The van der Waals surface area contributed by atoms with Crippen LogP contribution in [0.5, 0.6) is 0 Å². The summed E-state index contributed by atoms with van der Waals surface area (Å²) >= 11 is 6.10. The van der Waals surface area contributed by atoms with Crippen LogP contribution >= 0.6 is 11.6 Å². The zero-order valence-electron chi connectivity index (χ0n) is 12.9. The average Bonchev–Trinajstić information content (AvgIpc) is 2.99. The number of amides is 1. The first-order valence-electron chi connectivity index (χ1n) is 7.43. The third kappa shape index (κ3) is 4.31. The summed E-state index contributed by atoms with van der Waals surface area (Å²) < 4.78 is 5.58. The van der Waals surface area contributed by atoms with Crippen LogP contribution in [0.4, 0.5) is 0 Å². The van der Waals surface area contributed by atoms with Crippen LogP contribution in [-0.2, 0) is 11.2 Å². The third-order valence-electron chi connectivity index (χ3n) is 3.40. The molecule has 6 heteroatoms. The van der Waals surface area contributed by atoms with Crippen LogP contribution in [0, 0.1) is 0 Å². The molecular weight excluding hydrogens is 302 g/mol. The summed E-state index contributed by atoms with van der Waals surface area (Å²) in [7, 11) is 1.82. The Labute approximate surface area is 135 Å². The van der Waals surface area contributed by atoms with E-state index in [0.717, 1.165) is 19.4 Å². The molecule has 2 rings (SSSR count). The molecule has 0 saturated heterocycles. The fraction of sp³-hybridized carbons (Fsp3) is 0.438. The molecule has 1 amide bonds. The molecule has 0 unspecified atom stereocenters. The first-order chi connectivity index (χ1) is 10.6. The Morgan fingerprint density at radius 3 is 2.82 bits per heavy atom. The molecule has 0 fully saturated rings. The topological polar surface area (TPSA) is 59.2 Å². The molecule has 0 aliphatic heterocycles. The third-order valence-corrected chi connectivity index (χ3v) is 3.73. The number of aromatic nitrogens is 2. The molecule has 5 nitrogen and oxygen atoms in total. The fourth-order valence-corrected chi connectivity index (χ4v) is 2.24. The highest BCUT2D eigenvalue weighted by Crippen LogP contribution is 2.26. The second-order valence-electron chi connectivity index (χ2n) is 5.15. The SMILES string of the molecule is CCCCN(C)C(=O)CCc1nnc(-c2ccccc2Cl)o1. The molecule has 2 aromatic rings. The van der Waals surface area contributed by atoms with E-state index in [-0.39, 0.29) is 5.91 Å². The molecule has 0 aliphatic carbocycles. The average molecular weight is 322 g/mol. The summed E-state index contributed by atoms with van der Waals surface area (Å²) in [5, 5.41) is 8.54. The van der Waals surface area contributed by atoms with E-state index in [9.17, 15) is 4.79 Å². The van der Waals surface area contributed by atoms with Gasteiger partial charge in [0, 0.05) is 26.4 Å². The normalized spacial score (nSPS) is 10.7. The lowest BCUT2D eigenvalue weighted by Crippen LogP contribution is -2.27. The molecule has 0 saturated carbocycles. The van der Waals surface area contributed by atoms with Crippen molar-refractivity contribution in [3.05, 3.63) is 35.2 Å². The molecule has 0 aliphatic rings. The minimum Gasteiger partial charge on any atom is -0.421 e. The van der Waals surface area contributed by atoms with Crippen molar-refractivity contribution in [1.82, 2.24) is 15.1 Å². The van der Waals surface area contributed by atoms with Gasteiger partial charge in [-0.1, -0.05) is 37.1 Å². The number of carbonyl (C=O) groups excluding carboxylic acids is 1. The summed E-state index contributed by atoms with van der Waals surface area (Å²) in [5.41, 5.74) is 0.703. The minimum atomic E-state index is 0.0888. The van der Waals surface area contributed by atoms with E-state index in [0.29, 0.717) is 35.2 Å². The minimum absolute atomic E-state index is 0.0888. The molecular formula is C16H20ClN3O2. The summed E-state index contributed by atoms with van der Waals surface area (Å²) in [4.78, 5) is 13.7. The van der Waals surface area contributed by atoms with Gasteiger partial charge in [0.15, 0.2) is 0 Å². The number of halogens is 1. The summed E-state index contributed by atoms with van der Waals surface area (Å²) in [6.45, 7) is 2.89. The van der Waals surface area contributed by atoms with E-state index >= 15 is 0 Å². The van der Waals surface area contributed by atoms with Crippen LogP contribution in [0.1, 0.15) is 32.1 Å². The quantitative estimate of drug-likeness (QED) is 0.782. The Morgan fingerprint density at radius 1 is 1.32 bits per heavy atom. The number of nitrogens with zero attached hydrogens (tertiary/aromatic N) is 3. The maximum absolute atomic E-state index is 12.0. The highest BCUT2D eigenvalue weighted by Gasteiger charge is 2.14. The Morgan fingerprint density at radius 2 is 2.09 bits per heavy atom. The van der Waals surface area contributed by atoms with E-state index in [4.69, 9.17) is 16.0 Å². The largest absolute Gasteiger partial charge is 0.421 e. The van der Waals surface area contributed by atoms with Crippen LogP contribution in [0.3, 0.4) is 0 Å². The lowest BCUT2D eigenvalue weighted by atomic mass is 10.2. The molecule has 1 aromatic carbocycles. The van der Waals surface area contributed by atoms with Gasteiger partial charge < -0.3 is 9.32 Å². The van der Waals surface area contributed by atoms with Gasteiger partial charge in [-0.15, -0.1) is 10.2 Å². The predicted octanol–water partition coefficient (Wildman–Crippen LogP) is 3.58. The van der Waals surface area contributed by atoms with E-state index in [2.05, 4.69) is 17.1 Å². The van der Waals surface area contributed by atoms with E-state index in [1.54, 1.807) is 11.0 Å². The number of unbranched alkanes of at least 4 members (excludes halogenated alkanes) is 1. The lowest BCUT2D eigenvalue weighted by Gasteiger charge is -2.15. The maximum atomic E-state index is 12.0. The van der Waals surface area contributed by atoms with E-state index in [1.165, 1.54) is 0 Å². The highest BCUT2D eigenvalue weighted by molar-refractivity contribution is 6.33. The molecule has 0 radical (unpaired) electrons. The van der Waals surface area contributed by atoms with Crippen LogP contribution < -0.4 is 0 Å². The molecule has 1 heterocycles. The number of hydrogen-bond donors (Lipinski definition) is 0. The highest BCUT2D eigenvalue weighted by atomic mass is 35.5. The van der Waals surface area contributed by atoms with Gasteiger partial charge in [-0.3, -0.25) is 4.79 Å². The van der Waals surface area contributed by atoms with Gasteiger partial charge >= 0.3 is 0 Å². The molecule has 0 spiro atoms. The number of hydrogen-bond acceptors (Lipinski definition) is 4. The number of benzene rings is 1.